The topological polar surface area (TPSA) is 110 Å². The van der Waals surface area contributed by atoms with E-state index >= 15 is 0 Å². The first-order chi connectivity index (χ1) is 7.38. The molecule has 1 unspecified atom stereocenters. The van der Waals surface area contributed by atoms with E-state index in [1.54, 1.807) is 0 Å². The van der Waals surface area contributed by atoms with Gasteiger partial charge in [-0.15, -0.1) is 0 Å². The first kappa shape index (κ1) is 10.7. The van der Waals surface area contributed by atoms with E-state index in [4.69, 9.17) is 19.1 Å². The highest BCUT2D eigenvalue weighted by Gasteiger charge is 2.30. The summed E-state index contributed by atoms with van der Waals surface area (Å²) in [5.74, 6) is -1.68. The molecule has 0 aliphatic carbocycles. The summed E-state index contributed by atoms with van der Waals surface area (Å²) in [7, 11) is -4.48. The summed E-state index contributed by atoms with van der Waals surface area (Å²) in [6.45, 7) is 0. The number of hydrogen-bond donors (Lipinski definition) is 2. The Bertz CT molecular complexity index is 548. The number of rotatable bonds is 2. The van der Waals surface area contributed by atoms with Gasteiger partial charge >= 0.3 is 12.3 Å². The van der Waals surface area contributed by atoms with E-state index in [1.807, 2.05) is 0 Å². The van der Waals surface area contributed by atoms with Crippen LogP contribution in [0.3, 0.4) is 0 Å². The maximum Gasteiger partial charge on any atom is 0.387 e. The van der Waals surface area contributed by atoms with Crippen LogP contribution in [-0.2, 0) is 14.9 Å². The van der Waals surface area contributed by atoms with Crippen LogP contribution in [-0.4, -0.2) is 30.3 Å². The molecule has 1 atom stereocenters. The highest BCUT2D eigenvalue weighted by atomic mass is 32.2. The lowest BCUT2D eigenvalue weighted by Crippen LogP contribution is -2.31. The first-order valence-corrected chi connectivity index (χ1v) is 5.49. The van der Waals surface area contributed by atoms with E-state index in [2.05, 4.69) is 0 Å². The number of aliphatic carboxylic acids is 1. The molecule has 1 aromatic carbocycles. The fourth-order valence-corrected chi connectivity index (χ4v) is 1.86. The van der Waals surface area contributed by atoms with Crippen molar-refractivity contribution in [3.05, 3.63) is 18.2 Å². The third-order valence-electron chi connectivity index (χ3n) is 1.87. The summed E-state index contributed by atoms with van der Waals surface area (Å²) >= 11 is 0. The molecule has 8 heteroatoms. The van der Waals surface area contributed by atoms with Crippen LogP contribution in [0.2, 0.25) is 0 Å². The second-order valence-electron chi connectivity index (χ2n) is 2.99. The van der Waals surface area contributed by atoms with Gasteiger partial charge in [0.1, 0.15) is 16.4 Å². The largest absolute Gasteiger partial charge is 0.476 e. The minimum atomic E-state index is -4.48. The van der Waals surface area contributed by atoms with Crippen LogP contribution in [0.5, 0.6) is 11.5 Å². The zero-order valence-corrected chi connectivity index (χ0v) is 8.47. The van der Waals surface area contributed by atoms with Gasteiger partial charge in [0.15, 0.2) is 0 Å². The molecule has 2 aliphatic rings. The Kier molecular flexibility index (Phi) is 2.25. The third-order valence-corrected chi connectivity index (χ3v) is 2.75. The lowest BCUT2D eigenvalue weighted by atomic mass is 10.3. The number of carboxylic acids is 1. The molecule has 0 saturated heterocycles. The molecular weight excluding hydrogens is 240 g/mol. The number of fused-ring (bicyclic) bond motifs is 4. The van der Waals surface area contributed by atoms with Crippen LogP contribution in [0.4, 0.5) is 0 Å². The molecule has 2 heterocycles. The summed E-state index contributed by atoms with van der Waals surface area (Å²) in [4.78, 5) is 10.1. The molecule has 16 heavy (non-hydrogen) atoms. The summed E-state index contributed by atoms with van der Waals surface area (Å²) < 4.78 is 40.4. The lowest BCUT2D eigenvalue weighted by molar-refractivity contribution is -0.158. The van der Waals surface area contributed by atoms with Gasteiger partial charge in [0.05, 0.1) is 0 Å². The molecule has 0 saturated carbocycles. The molecule has 86 valence electrons. The molecule has 0 aromatic heterocycles. The van der Waals surface area contributed by atoms with Crippen LogP contribution < -0.4 is 9.47 Å². The monoisotopic (exact) mass is 246 g/mol. The minimum Gasteiger partial charge on any atom is -0.476 e. The Morgan fingerprint density at radius 3 is 2.56 bits per heavy atom. The quantitative estimate of drug-likeness (QED) is 0.712. The van der Waals surface area contributed by atoms with E-state index in [0.29, 0.717) is 0 Å². The highest BCUT2D eigenvalue weighted by molar-refractivity contribution is 7.86. The predicted octanol–water partition coefficient (Wildman–Crippen LogP) is 0.115. The molecule has 2 aliphatic heterocycles. The number of carbonyl (C=O) groups is 1. The van der Waals surface area contributed by atoms with Crippen molar-refractivity contribution in [3.63, 3.8) is 0 Å². The molecule has 0 radical (unpaired) electrons. The second kappa shape index (κ2) is 3.35. The van der Waals surface area contributed by atoms with E-state index in [9.17, 15) is 13.2 Å². The van der Waals surface area contributed by atoms with Crippen molar-refractivity contribution < 1.29 is 32.3 Å². The molecular formula is C8H6O7S. The van der Waals surface area contributed by atoms with Gasteiger partial charge in [0.2, 0.25) is 0 Å². The molecule has 7 nitrogen and oxygen atoms in total. The smallest absolute Gasteiger partial charge is 0.387 e. The summed E-state index contributed by atoms with van der Waals surface area (Å²) in [6.07, 6.45) is -1.63. The normalized spacial score (nSPS) is 18.4. The standard InChI is InChI=1S/C8H6O7S/c9-7(10)8-14-4-1-2-5(15-8)6(3-4)16(11,12)13/h1-3,8H,(H,9,10)(H,11,12,13). The van der Waals surface area contributed by atoms with Crippen molar-refractivity contribution in [2.75, 3.05) is 0 Å². The van der Waals surface area contributed by atoms with Crippen LogP contribution in [0, 0.1) is 0 Å². The van der Waals surface area contributed by atoms with Crippen molar-refractivity contribution in [2.24, 2.45) is 0 Å². The fourth-order valence-electron chi connectivity index (χ4n) is 1.22. The average Bonchev–Trinajstić information content (AvgIpc) is 2.46. The lowest BCUT2D eigenvalue weighted by Gasteiger charge is -2.11. The van der Waals surface area contributed by atoms with Gasteiger partial charge in [0.25, 0.3) is 10.1 Å². The number of ether oxygens (including phenoxy) is 2. The van der Waals surface area contributed by atoms with E-state index < -0.39 is 27.3 Å². The van der Waals surface area contributed by atoms with Crippen LogP contribution in [0.25, 0.3) is 0 Å². The average molecular weight is 246 g/mol. The van der Waals surface area contributed by atoms with Crippen molar-refractivity contribution >= 4 is 16.1 Å². The summed E-state index contributed by atoms with van der Waals surface area (Å²) in [6, 6.07) is 3.54. The van der Waals surface area contributed by atoms with E-state index in [-0.39, 0.29) is 11.5 Å². The number of benzene rings is 1. The maximum atomic E-state index is 10.9. The summed E-state index contributed by atoms with van der Waals surface area (Å²) in [5.41, 5.74) is 0. The third kappa shape index (κ3) is 1.79. The second-order valence-corrected chi connectivity index (χ2v) is 4.38. The van der Waals surface area contributed by atoms with Gasteiger partial charge in [-0.1, -0.05) is 0 Å². The molecule has 0 amide bonds. The zero-order chi connectivity index (χ0) is 11.9. The molecule has 2 N–H and O–H groups in total. The molecule has 1 aromatic rings. The fraction of sp³-hybridized carbons (Fsp3) is 0.125. The predicted molar refractivity (Wildman–Crippen MR) is 48.9 cm³/mol. The van der Waals surface area contributed by atoms with Crippen molar-refractivity contribution in [1.29, 1.82) is 0 Å². The van der Waals surface area contributed by atoms with E-state index in [1.165, 1.54) is 12.1 Å². The van der Waals surface area contributed by atoms with Gasteiger partial charge in [-0.05, 0) is 12.1 Å². The molecule has 3 rings (SSSR count). The number of hydrogen-bond acceptors (Lipinski definition) is 5. The van der Waals surface area contributed by atoms with Crippen LogP contribution in [0.15, 0.2) is 23.1 Å². The Morgan fingerprint density at radius 2 is 2.00 bits per heavy atom. The van der Waals surface area contributed by atoms with Gasteiger partial charge in [-0.25, -0.2) is 4.79 Å². The minimum absolute atomic E-state index is 0.0127. The first-order valence-electron chi connectivity index (χ1n) is 4.05. The Morgan fingerprint density at radius 1 is 1.31 bits per heavy atom. The SMILES string of the molecule is O=C(O)C1Oc2ccc(c(S(=O)(=O)O)c2)O1. The Labute approximate surface area is 90.0 Å². The Hall–Kier alpha value is -1.80. The van der Waals surface area contributed by atoms with Crippen LogP contribution in [0.1, 0.15) is 0 Å². The molecule has 2 bridgehead atoms. The van der Waals surface area contributed by atoms with Crippen LogP contribution >= 0.6 is 0 Å². The molecule has 0 spiro atoms. The molecule has 0 fully saturated rings. The van der Waals surface area contributed by atoms with Crippen molar-refractivity contribution in [1.82, 2.24) is 0 Å². The van der Waals surface area contributed by atoms with Gasteiger partial charge in [-0.3, -0.25) is 4.55 Å². The summed E-state index contributed by atoms with van der Waals surface area (Å²) in [5, 5.41) is 8.68. The van der Waals surface area contributed by atoms with Gasteiger partial charge in [-0.2, -0.15) is 8.42 Å². The number of carboxylic acid groups (broad SMARTS) is 1. The van der Waals surface area contributed by atoms with E-state index in [0.717, 1.165) is 6.07 Å². The highest BCUT2D eigenvalue weighted by Crippen LogP contribution is 2.32. The van der Waals surface area contributed by atoms with Gasteiger partial charge in [0, 0.05) is 6.07 Å². The maximum absolute atomic E-state index is 10.9. The zero-order valence-electron chi connectivity index (χ0n) is 7.65. The van der Waals surface area contributed by atoms with Crippen molar-refractivity contribution in [3.8, 4) is 11.5 Å². The van der Waals surface area contributed by atoms with Gasteiger partial charge < -0.3 is 14.6 Å². The Balaban J connectivity index is 2.53. The van der Waals surface area contributed by atoms with Crippen molar-refractivity contribution in [2.45, 2.75) is 11.2 Å².